The molecule has 0 atom stereocenters. The van der Waals surface area contributed by atoms with Crippen LogP contribution < -0.4 is 0 Å². The van der Waals surface area contributed by atoms with Crippen molar-refractivity contribution < 1.29 is 9.18 Å². The zero-order chi connectivity index (χ0) is 18.2. The van der Waals surface area contributed by atoms with Gasteiger partial charge in [-0.3, -0.25) is 4.79 Å². The molecule has 0 saturated heterocycles. The lowest BCUT2D eigenvalue weighted by Gasteiger charge is -2.27. The number of Topliss-reactive ketones (excluding diaryl/α,β-unsaturated/α-hetero) is 1. The van der Waals surface area contributed by atoms with Crippen LogP contribution >= 0.6 is 11.6 Å². The van der Waals surface area contributed by atoms with E-state index in [1.807, 2.05) is 18.4 Å². The largest absolute Gasteiger partial charge is 0.335 e. The normalized spacial score (nSPS) is 11.5. The molecule has 3 nitrogen and oxygen atoms in total. The average Bonchev–Trinajstić information content (AvgIpc) is 2.98. The Morgan fingerprint density at radius 2 is 2.00 bits per heavy atom. The van der Waals surface area contributed by atoms with Crippen LogP contribution in [0.25, 0.3) is 15.7 Å². The summed E-state index contributed by atoms with van der Waals surface area (Å²) in [6, 6.07) is 11.4. The van der Waals surface area contributed by atoms with Crippen molar-refractivity contribution in [3.8, 4) is 0 Å². The molecular weight excluding hydrogens is 339 g/mol. The fraction of sp³-hybridized carbons (Fsp3) is 0.200. The maximum Gasteiger partial charge on any atom is 0.205 e. The molecule has 0 fully saturated rings. The number of hydrogen-bond acceptors (Lipinski definition) is 1. The molecule has 3 aromatic rings. The van der Waals surface area contributed by atoms with Gasteiger partial charge in [0.15, 0.2) is 5.78 Å². The molecule has 5 heteroatoms. The van der Waals surface area contributed by atoms with E-state index >= 15 is 0 Å². The molecule has 126 valence electrons. The zero-order valence-corrected chi connectivity index (χ0v) is 14.6. The highest BCUT2D eigenvalue weighted by atomic mass is 35.5. The van der Waals surface area contributed by atoms with Crippen molar-refractivity contribution >= 4 is 34.0 Å². The van der Waals surface area contributed by atoms with Crippen molar-refractivity contribution in [1.82, 2.24) is 4.57 Å². The second-order valence-electron chi connectivity index (χ2n) is 6.45. The first-order valence-corrected chi connectivity index (χ1v) is 8.17. The molecule has 2 aromatic carbocycles. The van der Waals surface area contributed by atoms with E-state index in [1.165, 1.54) is 12.1 Å². The second kappa shape index (κ2) is 6.34. The minimum absolute atomic E-state index is 0.000883. The summed E-state index contributed by atoms with van der Waals surface area (Å²) in [5.41, 5.74) is 1.14. The minimum Gasteiger partial charge on any atom is -0.335 e. The third-order valence-electron chi connectivity index (χ3n) is 4.43. The second-order valence-corrected chi connectivity index (χ2v) is 6.85. The summed E-state index contributed by atoms with van der Waals surface area (Å²) in [6.45, 7) is 10.7. The summed E-state index contributed by atoms with van der Waals surface area (Å²) in [7, 11) is 0. The van der Waals surface area contributed by atoms with Crippen molar-refractivity contribution in [2.75, 3.05) is 0 Å². The molecule has 1 aromatic heterocycles. The van der Waals surface area contributed by atoms with Crippen molar-refractivity contribution in [2.24, 2.45) is 0 Å². The van der Waals surface area contributed by atoms with Gasteiger partial charge in [-0.2, -0.15) is 0 Å². The number of ketones is 1. The summed E-state index contributed by atoms with van der Waals surface area (Å²) in [4.78, 5) is 16.2. The molecule has 0 bridgehead atoms. The Kier molecular flexibility index (Phi) is 4.36. The van der Waals surface area contributed by atoms with Gasteiger partial charge in [0.1, 0.15) is 5.82 Å². The number of benzene rings is 2. The van der Waals surface area contributed by atoms with Crippen LogP contribution in [-0.4, -0.2) is 10.4 Å². The Morgan fingerprint density at radius 3 is 2.68 bits per heavy atom. The number of carbonyl (C=O) groups excluding carboxylic acids is 1. The molecule has 25 heavy (non-hydrogen) atoms. The highest BCUT2D eigenvalue weighted by Gasteiger charge is 2.30. The van der Waals surface area contributed by atoms with Crippen LogP contribution in [0.15, 0.2) is 48.7 Å². The number of aromatic nitrogens is 1. The fourth-order valence-corrected chi connectivity index (χ4v) is 3.13. The third-order valence-corrected chi connectivity index (χ3v) is 4.74. The zero-order valence-electron chi connectivity index (χ0n) is 13.9. The van der Waals surface area contributed by atoms with Crippen LogP contribution in [0.1, 0.15) is 19.4 Å². The highest BCUT2D eigenvalue weighted by Crippen LogP contribution is 2.29. The standard InChI is InChI=1S/C20H16ClFN2O/c1-20(2,24-9-8-14-12-15(22)5-7-18(14)24)19(25)11-13-4-6-17(23-3)16(21)10-13/h4-10,12H,11H2,1-2H3. The van der Waals surface area contributed by atoms with E-state index in [4.69, 9.17) is 18.2 Å². The summed E-state index contributed by atoms with van der Waals surface area (Å²) < 4.78 is 15.2. The predicted molar refractivity (Wildman–Crippen MR) is 97.6 cm³/mol. The van der Waals surface area contributed by atoms with Crippen LogP contribution in [0.5, 0.6) is 0 Å². The van der Waals surface area contributed by atoms with E-state index < -0.39 is 5.54 Å². The molecular formula is C20H16ClFN2O. The van der Waals surface area contributed by atoms with Gasteiger partial charge < -0.3 is 4.57 Å². The fourth-order valence-electron chi connectivity index (χ4n) is 2.89. The molecule has 0 N–H and O–H groups in total. The molecule has 0 aliphatic carbocycles. The summed E-state index contributed by atoms with van der Waals surface area (Å²) in [5.74, 6) is -0.301. The van der Waals surface area contributed by atoms with E-state index in [2.05, 4.69) is 4.85 Å². The average molecular weight is 355 g/mol. The van der Waals surface area contributed by atoms with Gasteiger partial charge in [-0.25, -0.2) is 9.24 Å². The molecule has 0 radical (unpaired) electrons. The molecule has 3 rings (SSSR count). The van der Waals surface area contributed by atoms with Crippen LogP contribution in [0.2, 0.25) is 5.02 Å². The van der Waals surface area contributed by atoms with Crippen molar-refractivity contribution in [3.63, 3.8) is 0 Å². The van der Waals surface area contributed by atoms with Gasteiger partial charge in [-0.05, 0) is 43.7 Å². The Balaban J connectivity index is 1.92. The number of nitrogens with zero attached hydrogens (tertiary/aromatic N) is 2. The summed E-state index contributed by atoms with van der Waals surface area (Å²) in [5, 5.41) is 1.10. The quantitative estimate of drug-likeness (QED) is 0.565. The van der Waals surface area contributed by atoms with Crippen molar-refractivity contribution in [3.05, 3.63) is 76.5 Å². The first-order chi connectivity index (χ1) is 11.8. The van der Waals surface area contributed by atoms with Gasteiger partial charge in [-0.1, -0.05) is 29.8 Å². The first kappa shape index (κ1) is 17.2. The molecule has 0 aliphatic rings. The number of fused-ring (bicyclic) bond motifs is 1. The molecule has 1 heterocycles. The molecule has 0 aliphatic heterocycles. The maximum absolute atomic E-state index is 13.4. The van der Waals surface area contributed by atoms with Gasteiger partial charge in [0, 0.05) is 28.5 Å². The van der Waals surface area contributed by atoms with Gasteiger partial charge in [-0.15, -0.1) is 0 Å². The monoisotopic (exact) mass is 354 g/mol. The lowest BCUT2D eigenvalue weighted by Crippen LogP contribution is -2.36. The van der Waals surface area contributed by atoms with E-state index in [-0.39, 0.29) is 18.0 Å². The molecule has 0 saturated carbocycles. The van der Waals surface area contributed by atoms with Gasteiger partial charge in [0.25, 0.3) is 0 Å². The van der Waals surface area contributed by atoms with E-state index in [1.54, 1.807) is 36.5 Å². The molecule has 0 spiro atoms. The number of hydrogen-bond donors (Lipinski definition) is 0. The Hall–Kier alpha value is -2.64. The Morgan fingerprint density at radius 1 is 1.24 bits per heavy atom. The van der Waals surface area contributed by atoms with Crippen LogP contribution in [0.3, 0.4) is 0 Å². The van der Waals surface area contributed by atoms with E-state index in [0.29, 0.717) is 10.7 Å². The first-order valence-electron chi connectivity index (χ1n) is 7.79. The maximum atomic E-state index is 13.4. The number of halogens is 2. The summed E-state index contributed by atoms with van der Waals surface area (Å²) >= 11 is 6.05. The third kappa shape index (κ3) is 3.16. The van der Waals surface area contributed by atoms with Gasteiger partial charge >= 0.3 is 0 Å². The van der Waals surface area contributed by atoms with Gasteiger partial charge in [0.05, 0.1) is 12.1 Å². The van der Waals surface area contributed by atoms with Crippen LogP contribution in [0.4, 0.5) is 10.1 Å². The SMILES string of the molecule is [C-]#[N+]c1ccc(CC(=O)C(C)(C)n2ccc3cc(F)ccc32)cc1Cl. The van der Waals surface area contributed by atoms with Crippen molar-refractivity contribution in [2.45, 2.75) is 25.8 Å². The van der Waals surface area contributed by atoms with E-state index in [0.717, 1.165) is 16.5 Å². The Bertz CT molecular complexity index is 1010. The number of carbonyl (C=O) groups is 1. The minimum atomic E-state index is -0.801. The summed E-state index contributed by atoms with van der Waals surface area (Å²) in [6.07, 6.45) is 2.00. The van der Waals surface area contributed by atoms with E-state index in [9.17, 15) is 9.18 Å². The smallest absolute Gasteiger partial charge is 0.205 e. The number of rotatable bonds is 4. The molecule has 0 amide bonds. The van der Waals surface area contributed by atoms with Crippen LogP contribution in [-0.2, 0) is 16.8 Å². The topological polar surface area (TPSA) is 26.4 Å². The van der Waals surface area contributed by atoms with Crippen molar-refractivity contribution in [1.29, 1.82) is 0 Å². The lowest BCUT2D eigenvalue weighted by molar-refractivity contribution is -0.125. The van der Waals surface area contributed by atoms with Crippen LogP contribution in [0, 0.1) is 12.4 Å². The van der Waals surface area contributed by atoms with Gasteiger partial charge in [0.2, 0.25) is 5.69 Å². The highest BCUT2D eigenvalue weighted by molar-refractivity contribution is 6.33. The Labute approximate surface area is 150 Å². The molecule has 0 unspecified atom stereocenters. The lowest BCUT2D eigenvalue weighted by atomic mass is 9.93. The predicted octanol–water partition coefficient (Wildman–Crippen LogP) is 5.53.